The number of amides is 2. The number of benzene rings is 1. The highest BCUT2D eigenvalue weighted by Crippen LogP contribution is 2.34. The minimum absolute atomic E-state index is 0.0731. The van der Waals surface area contributed by atoms with Gasteiger partial charge in [-0.2, -0.15) is 0 Å². The lowest BCUT2D eigenvalue weighted by atomic mass is 9.97. The lowest BCUT2D eigenvalue weighted by Gasteiger charge is -2.39. The van der Waals surface area contributed by atoms with Gasteiger partial charge in [0, 0.05) is 35.2 Å². The van der Waals surface area contributed by atoms with Crippen LogP contribution in [0, 0.1) is 12.8 Å². The molecule has 2 heterocycles. The van der Waals surface area contributed by atoms with Gasteiger partial charge in [-0.3, -0.25) is 0 Å². The third-order valence-electron chi connectivity index (χ3n) is 4.40. The third-order valence-corrected chi connectivity index (χ3v) is 4.64. The van der Waals surface area contributed by atoms with Crippen LogP contribution in [0.3, 0.4) is 0 Å². The Morgan fingerprint density at radius 1 is 1.26 bits per heavy atom. The standard InChI is InChI=1S/C18H22ClN3O/c1-12(2)17-16-8-7-13(3)21(16)9-10-22(17)18(23)20-15-6-4-5-14(19)11-15/h4-8,11-12,17H,9-10H2,1-3H3,(H,20,23)/t17-/m1/s1. The van der Waals surface area contributed by atoms with Gasteiger partial charge in [-0.15, -0.1) is 0 Å². The summed E-state index contributed by atoms with van der Waals surface area (Å²) in [6, 6.07) is 11.5. The first kappa shape index (κ1) is 15.9. The molecule has 23 heavy (non-hydrogen) atoms. The number of carbonyl (C=O) groups excluding carboxylic acids is 1. The summed E-state index contributed by atoms with van der Waals surface area (Å²) in [5.41, 5.74) is 3.19. The molecule has 1 N–H and O–H groups in total. The maximum absolute atomic E-state index is 12.8. The Morgan fingerprint density at radius 2 is 2.04 bits per heavy atom. The van der Waals surface area contributed by atoms with E-state index >= 15 is 0 Å². The zero-order valence-electron chi connectivity index (χ0n) is 13.7. The number of hydrogen-bond donors (Lipinski definition) is 1. The second-order valence-electron chi connectivity index (χ2n) is 6.37. The van der Waals surface area contributed by atoms with Gasteiger partial charge in [-0.25, -0.2) is 4.79 Å². The molecule has 1 aliphatic rings. The molecule has 0 saturated heterocycles. The Morgan fingerprint density at radius 3 is 2.74 bits per heavy atom. The van der Waals surface area contributed by atoms with Crippen LogP contribution in [-0.4, -0.2) is 22.0 Å². The number of aryl methyl sites for hydroxylation is 1. The van der Waals surface area contributed by atoms with Crippen LogP contribution in [0.25, 0.3) is 0 Å². The molecule has 5 heteroatoms. The van der Waals surface area contributed by atoms with Gasteiger partial charge in [-0.1, -0.05) is 31.5 Å². The van der Waals surface area contributed by atoms with Crippen molar-refractivity contribution in [1.82, 2.24) is 9.47 Å². The van der Waals surface area contributed by atoms with Crippen molar-refractivity contribution in [2.75, 3.05) is 11.9 Å². The van der Waals surface area contributed by atoms with Crippen molar-refractivity contribution < 1.29 is 4.79 Å². The van der Waals surface area contributed by atoms with Crippen LogP contribution >= 0.6 is 11.6 Å². The lowest BCUT2D eigenvalue weighted by molar-refractivity contribution is 0.143. The van der Waals surface area contributed by atoms with Crippen molar-refractivity contribution in [1.29, 1.82) is 0 Å². The first-order chi connectivity index (χ1) is 11.0. The Bertz CT molecular complexity index is 723. The summed E-state index contributed by atoms with van der Waals surface area (Å²) in [4.78, 5) is 14.7. The van der Waals surface area contributed by atoms with E-state index in [-0.39, 0.29) is 12.1 Å². The number of nitrogens with one attached hydrogen (secondary N) is 1. The minimum Gasteiger partial charge on any atom is -0.345 e. The van der Waals surface area contributed by atoms with Crippen LogP contribution in [0.4, 0.5) is 10.5 Å². The van der Waals surface area contributed by atoms with Crippen LogP contribution in [0.5, 0.6) is 0 Å². The van der Waals surface area contributed by atoms with Crippen LogP contribution in [-0.2, 0) is 6.54 Å². The van der Waals surface area contributed by atoms with Gasteiger partial charge in [0.15, 0.2) is 0 Å². The molecule has 2 aromatic rings. The predicted octanol–water partition coefficient (Wildman–Crippen LogP) is 4.69. The Kier molecular flexibility index (Phi) is 4.35. The highest BCUT2D eigenvalue weighted by atomic mass is 35.5. The van der Waals surface area contributed by atoms with E-state index in [2.05, 4.69) is 42.8 Å². The van der Waals surface area contributed by atoms with Crippen molar-refractivity contribution in [2.45, 2.75) is 33.4 Å². The lowest BCUT2D eigenvalue weighted by Crippen LogP contribution is -2.46. The molecule has 0 spiro atoms. The number of carbonyl (C=O) groups is 1. The number of aromatic nitrogens is 1. The topological polar surface area (TPSA) is 37.3 Å². The van der Waals surface area contributed by atoms with Gasteiger partial charge in [-0.05, 0) is 43.2 Å². The SMILES string of the molecule is Cc1ccc2n1CCN(C(=O)Nc1cccc(Cl)c1)[C@@H]2C(C)C. The van der Waals surface area contributed by atoms with E-state index < -0.39 is 0 Å². The van der Waals surface area contributed by atoms with Crippen molar-refractivity contribution in [3.05, 3.63) is 52.8 Å². The molecule has 4 nitrogen and oxygen atoms in total. The number of rotatable bonds is 2. The van der Waals surface area contributed by atoms with E-state index in [0.29, 0.717) is 17.5 Å². The fraction of sp³-hybridized carbons (Fsp3) is 0.389. The number of anilines is 1. The smallest absolute Gasteiger partial charge is 0.322 e. The number of urea groups is 1. The fourth-order valence-corrected chi connectivity index (χ4v) is 3.54. The van der Waals surface area contributed by atoms with Crippen molar-refractivity contribution in [2.24, 2.45) is 5.92 Å². The van der Waals surface area contributed by atoms with E-state index in [9.17, 15) is 4.79 Å². The fourth-order valence-electron chi connectivity index (χ4n) is 3.35. The monoisotopic (exact) mass is 331 g/mol. The quantitative estimate of drug-likeness (QED) is 0.851. The molecular formula is C18H22ClN3O. The number of fused-ring (bicyclic) bond motifs is 1. The maximum atomic E-state index is 12.8. The van der Waals surface area contributed by atoms with E-state index in [4.69, 9.17) is 11.6 Å². The van der Waals surface area contributed by atoms with Gasteiger partial charge >= 0.3 is 6.03 Å². The Labute approximate surface area is 142 Å². The van der Waals surface area contributed by atoms with E-state index in [1.807, 2.05) is 17.0 Å². The van der Waals surface area contributed by atoms with Gasteiger partial charge in [0.05, 0.1) is 6.04 Å². The average Bonchev–Trinajstić information content (AvgIpc) is 2.87. The third kappa shape index (κ3) is 3.08. The van der Waals surface area contributed by atoms with E-state index in [1.165, 1.54) is 11.4 Å². The molecule has 0 unspecified atom stereocenters. The zero-order valence-corrected chi connectivity index (χ0v) is 14.5. The van der Waals surface area contributed by atoms with E-state index in [1.54, 1.807) is 12.1 Å². The molecule has 1 aromatic carbocycles. The van der Waals surface area contributed by atoms with Crippen molar-refractivity contribution in [3.63, 3.8) is 0 Å². The molecule has 0 aliphatic carbocycles. The van der Waals surface area contributed by atoms with E-state index in [0.717, 1.165) is 12.2 Å². The Hall–Kier alpha value is -1.94. The summed E-state index contributed by atoms with van der Waals surface area (Å²) in [6.07, 6.45) is 0. The van der Waals surface area contributed by atoms with Crippen molar-refractivity contribution >= 4 is 23.3 Å². The molecule has 2 amide bonds. The van der Waals surface area contributed by atoms with Gasteiger partial charge < -0.3 is 14.8 Å². The minimum atomic E-state index is -0.0731. The molecule has 1 aliphatic heterocycles. The van der Waals surface area contributed by atoms with Gasteiger partial charge in [0.1, 0.15) is 0 Å². The maximum Gasteiger partial charge on any atom is 0.322 e. The highest BCUT2D eigenvalue weighted by molar-refractivity contribution is 6.30. The molecule has 122 valence electrons. The highest BCUT2D eigenvalue weighted by Gasteiger charge is 2.33. The molecule has 0 fully saturated rings. The summed E-state index contributed by atoms with van der Waals surface area (Å²) in [6.45, 7) is 7.96. The second kappa shape index (κ2) is 6.28. The number of nitrogens with zero attached hydrogens (tertiary/aromatic N) is 2. The first-order valence-electron chi connectivity index (χ1n) is 7.96. The molecule has 3 rings (SSSR count). The van der Waals surface area contributed by atoms with Gasteiger partial charge in [0.25, 0.3) is 0 Å². The summed E-state index contributed by atoms with van der Waals surface area (Å²) < 4.78 is 2.31. The molecular weight excluding hydrogens is 310 g/mol. The summed E-state index contributed by atoms with van der Waals surface area (Å²) in [5.74, 6) is 0.341. The summed E-state index contributed by atoms with van der Waals surface area (Å²) in [7, 11) is 0. The number of hydrogen-bond acceptors (Lipinski definition) is 1. The van der Waals surface area contributed by atoms with Crippen molar-refractivity contribution in [3.8, 4) is 0 Å². The average molecular weight is 332 g/mol. The Balaban J connectivity index is 1.85. The van der Waals surface area contributed by atoms with Gasteiger partial charge in [0.2, 0.25) is 0 Å². The van der Waals surface area contributed by atoms with Crippen LogP contribution in [0.2, 0.25) is 5.02 Å². The summed E-state index contributed by atoms with van der Waals surface area (Å²) >= 11 is 5.99. The second-order valence-corrected chi connectivity index (χ2v) is 6.81. The largest absolute Gasteiger partial charge is 0.345 e. The van der Waals surface area contributed by atoms with Crippen LogP contribution < -0.4 is 5.32 Å². The predicted molar refractivity (Wildman–Crippen MR) is 93.9 cm³/mol. The molecule has 0 radical (unpaired) electrons. The zero-order chi connectivity index (χ0) is 16.6. The molecule has 1 aromatic heterocycles. The van der Waals surface area contributed by atoms with Crippen LogP contribution in [0.1, 0.15) is 31.3 Å². The van der Waals surface area contributed by atoms with Crippen LogP contribution in [0.15, 0.2) is 36.4 Å². The summed E-state index contributed by atoms with van der Waals surface area (Å²) in [5, 5.41) is 3.59. The molecule has 0 bridgehead atoms. The number of halogens is 1. The molecule has 1 atom stereocenters. The first-order valence-corrected chi connectivity index (χ1v) is 8.34. The normalized spacial score (nSPS) is 17.3. The molecule has 0 saturated carbocycles.